The van der Waals surface area contributed by atoms with Gasteiger partial charge in [0.25, 0.3) is 0 Å². The molecule has 0 fully saturated rings. The van der Waals surface area contributed by atoms with Crippen LogP contribution in [-0.2, 0) is 25.8 Å². The molecular weight excluding hydrogens is 434 g/mol. The Morgan fingerprint density at radius 2 is 1.71 bits per heavy atom. The minimum Gasteiger partial charge on any atom is -1.00 e. The Labute approximate surface area is 140 Å². The normalized spacial score (nSPS) is 12.8. The molecule has 0 nitrogen and oxygen atoms in total. The summed E-state index contributed by atoms with van der Waals surface area (Å²) in [6, 6.07) is 0. The monoisotopic (exact) mass is 453 g/mol. The molecule has 0 heterocycles. The Morgan fingerprint density at radius 3 is 1.82 bits per heavy atom. The van der Waals surface area contributed by atoms with Crippen LogP contribution in [0.2, 0.25) is 13.1 Å². The van der Waals surface area contributed by atoms with Gasteiger partial charge >= 0.3 is 25.8 Å². The second-order valence-electron chi connectivity index (χ2n) is 3.05. The predicted octanol–water partition coefficient (Wildman–Crippen LogP) is -2.47. The van der Waals surface area contributed by atoms with Crippen molar-refractivity contribution in [2.75, 3.05) is 0 Å². The van der Waals surface area contributed by atoms with Gasteiger partial charge in [-0.25, -0.2) is 23.8 Å². The van der Waals surface area contributed by atoms with E-state index in [1.165, 1.54) is 5.57 Å². The summed E-state index contributed by atoms with van der Waals surface area (Å²) >= 11 is 0. The van der Waals surface area contributed by atoms with Crippen LogP contribution in [0.4, 0.5) is 0 Å². The van der Waals surface area contributed by atoms with E-state index in [1.54, 1.807) is 0 Å². The molecule has 4 heteroatoms. The van der Waals surface area contributed by atoms with Gasteiger partial charge in [0, 0.05) is 9.52 Å². The molecule has 0 unspecified atom stereocenters. The minimum absolute atomic E-state index is 0. The molecule has 0 N–H and O–H groups in total. The summed E-state index contributed by atoms with van der Waals surface area (Å²) in [5.74, 6) is 0. The second-order valence-corrected chi connectivity index (χ2v) is 4.20. The van der Waals surface area contributed by atoms with Gasteiger partial charge in [0.05, 0.1) is 0 Å². The Balaban J connectivity index is -0.0000000718. The van der Waals surface area contributed by atoms with E-state index in [1.807, 2.05) is 12.2 Å². The molecule has 0 aromatic rings. The molecule has 0 amide bonds. The van der Waals surface area contributed by atoms with Crippen molar-refractivity contribution in [2.24, 2.45) is 0 Å². The maximum atomic E-state index is 3.12. The molecule has 0 saturated carbocycles. The Bertz CT molecular complexity index is 233. The molecule has 0 aromatic carbocycles. The molecular formula is C13H19Cl2HfSi. The molecule has 0 aromatic heterocycles. The molecule has 0 bridgehead atoms. The molecule has 0 saturated heterocycles. The summed E-state index contributed by atoms with van der Waals surface area (Å²) < 4.78 is 0. The molecule has 1 radical (unpaired) electrons. The average molecular weight is 453 g/mol. The Hall–Kier alpha value is 0.627. The zero-order valence-electron chi connectivity index (χ0n) is 10.6. The van der Waals surface area contributed by atoms with Gasteiger partial charge in [0.1, 0.15) is 0 Å². The fraction of sp³-hybridized carbons (Fsp3) is 0.385. The SMILES string of the molecule is CC1=[C-]CC=C1.C[SiH]C.[C-]1=CC=CC1.[Cl-].[Cl-].[Hf+4]. The van der Waals surface area contributed by atoms with Crippen LogP contribution in [0.3, 0.4) is 0 Å². The summed E-state index contributed by atoms with van der Waals surface area (Å²) in [5, 5.41) is 0. The largest absolute Gasteiger partial charge is 4.00 e. The van der Waals surface area contributed by atoms with Gasteiger partial charge in [-0.1, -0.05) is 20.0 Å². The van der Waals surface area contributed by atoms with Crippen molar-refractivity contribution in [2.45, 2.75) is 32.9 Å². The van der Waals surface area contributed by atoms with E-state index in [9.17, 15) is 0 Å². The number of hydrogen-bond donors (Lipinski definition) is 0. The third-order valence-corrected chi connectivity index (χ3v) is 1.45. The van der Waals surface area contributed by atoms with E-state index >= 15 is 0 Å². The van der Waals surface area contributed by atoms with Gasteiger partial charge in [-0.2, -0.15) is 12.2 Å². The first-order valence-corrected chi connectivity index (χ1v) is 7.32. The van der Waals surface area contributed by atoms with Crippen LogP contribution in [0.25, 0.3) is 0 Å². The molecule has 2 aliphatic carbocycles. The van der Waals surface area contributed by atoms with Crippen molar-refractivity contribution >= 4 is 9.52 Å². The van der Waals surface area contributed by atoms with Crippen LogP contribution in [0.15, 0.2) is 36.0 Å². The summed E-state index contributed by atoms with van der Waals surface area (Å²) in [7, 11) is 0.750. The molecule has 0 atom stereocenters. The predicted molar refractivity (Wildman–Crippen MR) is 66.6 cm³/mol. The molecule has 17 heavy (non-hydrogen) atoms. The van der Waals surface area contributed by atoms with Crippen LogP contribution in [0, 0.1) is 12.2 Å². The van der Waals surface area contributed by atoms with Gasteiger partial charge in [-0.05, 0) is 0 Å². The first-order chi connectivity index (χ1) is 6.81. The van der Waals surface area contributed by atoms with E-state index in [0.717, 1.165) is 22.4 Å². The zero-order valence-corrected chi connectivity index (χ0v) is 16.9. The van der Waals surface area contributed by atoms with Crippen LogP contribution in [0.5, 0.6) is 0 Å². The third kappa shape index (κ3) is 22.3. The van der Waals surface area contributed by atoms with Gasteiger partial charge in [-0.3, -0.25) is 12.2 Å². The molecule has 0 spiro atoms. The van der Waals surface area contributed by atoms with Gasteiger partial charge < -0.3 is 24.8 Å². The fourth-order valence-corrected chi connectivity index (χ4v) is 0.855. The van der Waals surface area contributed by atoms with Crippen molar-refractivity contribution in [1.82, 2.24) is 0 Å². The van der Waals surface area contributed by atoms with E-state index in [-0.39, 0.29) is 50.7 Å². The van der Waals surface area contributed by atoms with Crippen molar-refractivity contribution in [1.29, 1.82) is 0 Å². The quantitative estimate of drug-likeness (QED) is 0.282. The summed E-state index contributed by atoms with van der Waals surface area (Å²) in [5.41, 5.74) is 1.27. The van der Waals surface area contributed by atoms with Crippen molar-refractivity contribution in [3.8, 4) is 0 Å². The molecule has 2 aliphatic rings. The van der Waals surface area contributed by atoms with Crippen LogP contribution in [-0.4, -0.2) is 9.52 Å². The van der Waals surface area contributed by atoms with Crippen LogP contribution in [0.1, 0.15) is 19.8 Å². The van der Waals surface area contributed by atoms with Gasteiger partial charge in [0.15, 0.2) is 0 Å². The maximum Gasteiger partial charge on any atom is 4.00 e. The van der Waals surface area contributed by atoms with E-state index in [2.05, 4.69) is 50.4 Å². The van der Waals surface area contributed by atoms with Crippen molar-refractivity contribution < 1.29 is 50.7 Å². The average Bonchev–Trinajstić information content (AvgIpc) is 2.78. The molecule has 93 valence electrons. The third-order valence-electron chi connectivity index (χ3n) is 1.45. The Kier molecular flexibility index (Phi) is 33.8. The van der Waals surface area contributed by atoms with Crippen molar-refractivity contribution in [3.63, 3.8) is 0 Å². The topological polar surface area (TPSA) is 0 Å². The summed E-state index contributed by atoms with van der Waals surface area (Å²) in [6.07, 6.45) is 18.3. The number of hydrogen-bond acceptors (Lipinski definition) is 0. The van der Waals surface area contributed by atoms with E-state index < -0.39 is 0 Å². The number of halogens is 2. The van der Waals surface area contributed by atoms with Crippen molar-refractivity contribution in [3.05, 3.63) is 48.1 Å². The van der Waals surface area contributed by atoms with Crippen LogP contribution >= 0.6 is 0 Å². The standard InChI is InChI=1S/C6H7.C5H5.C2H7Si.2ClH.Hf/c1-6-4-2-3-5-6;1-2-4-5-3-1;1-3-2;;;/h2,4H,3H2,1H3;1-3H,4H2;3H,1-2H3;2*1H;/q2*-1;;;;+4/p-2. The first kappa shape index (κ1) is 26.2. The summed E-state index contributed by atoms with van der Waals surface area (Å²) in [4.78, 5) is 0. The first-order valence-electron chi connectivity index (χ1n) is 5.01. The molecule has 0 aliphatic heterocycles. The minimum atomic E-state index is 0. The second kappa shape index (κ2) is 21.9. The zero-order chi connectivity index (χ0) is 10.6. The van der Waals surface area contributed by atoms with E-state index in [4.69, 9.17) is 0 Å². The number of rotatable bonds is 0. The summed E-state index contributed by atoms with van der Waals surface area (Å²) in [6.45, 7) is 6.48. The fourth-order valence-electron chi connectivity index (χ4n) is 0.855. The van der Waals surface area contributed by atoms with Gasteiger partial charge in [-0.15, -0.1) is 12.8 Å². The molecule has 2 rings (SSSR count). The maximum absolute atomic E-state index is 3.12. The van der Waals surface area contributed by atoms with E-state index in [0.29, 0.717) is 0 Å². The Morgan fingerprint density at radius 1 is 1.12 bits per heavy atom. The van der Waals surface area contributed by atoms with Crippen LogP contribution < -0.4 is 24.8 Å². The number of allylic oxidation sites excluding steroid dienone is 8. The smallest absolute Gasteiger partial charge is 1.00 e. The van der Waals surface area contributed by atoms with Gasteiger partial charge in [0.2, 0.25) is 0 Å².